The van der Waals surface area contributed by atoms with Gasteiger partial charge in [-0.15, -0.1) is 5.10 Å². The standard InChI is InChI=1S/C15H11BrFN3O/c16-10-5-7-11(8-6-10)20-9-14(18-19-20)15(21)12-3-1-2-4-13(12)17/h1-9,15,21H. The fraction of sp³-hybridized carbons (Fsp3) is 0.0667. The molecule has 1 unspecified atom stereocenters. The molecule has 0 saturated carbocycles. The molecule has 0 saturated heterocycles. The lowest BCUT2D eigenvalue weighted by atomic mass is 10.1. The molecule has 1 atom stereocenters. The van der Waals surface area contributed by atoms with Gasteiger partial charge in [0.15, 0.2) is 0 Å². The van der Waals surface area contributed by atoms with Crippen molar-refractivity contribution in [1.82, 2.24) is 15.0 Å². The minimum absolute atomic E-state index is 0.181. The number of aliphatic hydroxyl groups is 1. The van der Waals surface area contributed by atoms with Crippen molar-refractivity contribution in [3.63, 3.8) is 0 Å². The van der Waals surface area contributed by atoms with E-state index in [1.165, 1.54) is 16.8 Å². The number of aliphatic hydroxyl groups excluding tert-OH is 1. The van der Waals surface area contributed by atoms with E-state index in [-0.39, 0.29) is 5.56 Å². The van der Waals surface area contributed by atoms with Crippen LogP contribution in [-0.2, 0) is 0 Å². The number of nitrogens with zero attached hydrogens (tertiary/aromatic N) is 3. The average Bonchev–Trinajstić information content (AvgIpc) is 2.98. The van der Waals surface area contributed by atoms with Crippen LogP contribution >= 0.6 is 15.9 Å². The van der Waals surface area contributed by atoms with E-state index in [0.29, 0.717) is 5.69 Å². The predicted octanol–water partition coefficient (Wildman–Crippen LogP) is 3.25. The normalized spacial score (nSPS) is 12.3. The fourth-order valence-electron chi connectivity index (χ4n) is 1.98. The highest BCUT2D eigenvalue weighted by Crippen LogP contribution is 2.23. The summed E-state index contributed by atoms with van der Waals surface area (Å²) in [7, 11) is 0. The maximum absolute atomic E-state index is 13.7. The molecule has 0 fully saturated rings. The van der Waals surface area contributed by atoms with Crippen molar-refractivity contribution < 1.29 is 9.50 Å². The fourth-order valence-corrected chi connectivity index (χ4v) is 2.24. The molecule has 1 N–H and O–H groups in total. The second kappa shape index (κ2) is 5.75. The summed E-state index contributed by atoms with van der Waals surface area (Å²) in [5, 5.41) is 18.1. The molecule has 0 aliphatic heterocycles. The lowest BCUT2D eigenvalue weighted by Gasteiger charge is -2.08. The second-order valence-electron chi connectivity index (χ2n) is 4.49. The molecule has 3 aromatic rings. The Labute approximate surface area is 129 Å². The first kappa shape index (κ1) is 13.9. The lowest BCUT2D eigenvalue weighted by Crippen LogP contribution is -2.02. The van der Waals surface area contributed by atoms with Crippen molar-refractivity contribution in [3.05, 3.63) is 76.3 Å². The van der Waals surface area contributed by atoms with Gasteiger partial charge in [0, 0.05) is 10.0 Å². The van der Waals surface area contributed by atoms with E-state index in [9.17, 15) is 9.50 Å². The summed E-state index contributed by atoms with van der Waals surface area (Å²) in [6.07, 6.45) is 0.441. The molecule has 1 heterocycles. The molecule has 0 spiro atoms. The summed E-state index contributed by atoms with van der Waals surface area (Å²) in [6.45, 7) is 0. The predicted molar refractivity (Wildman–Crippen MR) is 79.5 cm³/mol. The van der Waals surface area contributed by atoms with Crippen LogP contribution in [0.5, 0.6) is 0 Å². The van der Waals surface area contributed by atoms with Gasteiger partial charge in [-0.25, -0.2) is 9.07 Å². The Morgan fingerprint density at radius 1 is 1.10 bits per heavy atom. The minimum Gasteiger partial charge on any atom is -0.382 e. The van der Waals surface area contributed by atoms with Crippen LogP contribution < -0.4 is 0 Å². The topological polar surface area (TPSA) is 50.9 Å². The molecular formula is C15H11BrFN3O. The van der Waals surface area contributed by atoms with Gasteiger partial charge in [0.1, 0.15) is 17.6 Å². The molecule has 0 radical (unpaired) electrons. The Morgan fingerprint density at radius 3 is 2.52 bits per heavy atom. The summed E-state index contributed by atoms with van der Waals surface area (Å²) in [5.74, 6) is -0.469. The summed E-state index contributed by atoms with van der Waals surface area (Å²) < 4.78 is 16.2. The van der Waals surface area contributed by atoms with Gasteiger partial charge in [0.2, 0.25) is 0 Å². The number of halogens is 2. The van der Waals surface area contributed by atoms with Gasteiger partial charge in [0.25, 0.3) is 0 Å². The third-order valence-electron chi connectivity index (χ3n) is 3.08. The summed E-state index contributed by atoms with van der Waals surface area (Å²) in [5.41, 5.74) is 1.28. The zero-order chi connectivity index (χ0) is 14.8. The summed E-state index contributed by atoms with van der Waals surface area (Å²) >= 11 is 3.36. The maximum atomic E-state index is 13.7. The zero-order valence-electron chi connectivity index (χ0n) is 10.8. The highest BCUT2D eigenvalue weighted by molar-refractivity contribution is 9.10. The lowest BCUT2D eigenvalue weighted by molar-refractivity contribution is 0.210. The van der Waals surface area contributed by atoms with Crippen LogP contribution in [0.15, 0.2) is 59.2 Å². The first-order valence-corrected chi connectivity index (χ1v) is 7.05. The molecule has 3 rings (SSSR count). The van der Waals surface area contributed by atoms with E-state index in [1.54, 1.807) is 18.3 Å². The molecule has 1 aromatic heterocycles. The van der Waals surface area contributed by atoms with Crippen LogP contribution in [-0.4, -0.2) is 20.1 Å². The number of benzene rings is 2. The zero-order valence-corrected chi connectivity index (χ0v) is 12.4. The van der Waals surface area contributed by atoms with E-state index in [2.05, 4.69) is 26.2 Å². The van der Waals surface area contributed by atoms with E-state index in [0.717, 1.165) is 10.2 Å². The number of aromatic nitrogens is 3. The van der Waals surface area contributed by atoms with Gasteiger partial charge in [-0.05, 0) is 30.3 Å². The summed E-state index contributed by atoms with van der Waals surface area (Å²) in [4.78, 5) is 0. The first-order valence-electron chi connectivity index (χ1n) is 6.26. The van der Waals surface area contributed by atoms with Crippen LogP contribution in [0.3, 0.4) is 0 Å². The molecule has 0 amide bonds. The molecule has 4 nitrogen and oxygen atoms in total. The van der Waals surface area contributed by atoms with E-state index >= 15 is 0 Å². The van der Waals surface area contributed by atoms with E-state index < -0.39 is 11.9 Å². The second-order valence-corrected chi connectivity index (χ2v) is 5.40. The van der Waals surface area contributed by atoms with Crippen molar-refractivity contribution >= 4 is 15.9 Å². The van der Waals surface area contributed by atoms with Gasteiger partial charge in [-0.2, -0.15) is 0 Å². The number of hydrogen-bond acceptors (Lipinski definition) is 3. The van der Waals surface area contributed by atoms with Crippen LogP contribution in [0, 0.1) is 5.82 Å². The van der Waals surface area contributed by atoms with Crippen LogP contribution in [0.4, 0.5) is 4.39 Å². The largest absolute Gasteiger partial charge is 0.382 e. The van der Waals surface area contributed by atoms with Crippen molar-refractivity contribution in [2.75, 3.05) is 0 Å². The highest BCUT2D eigenvalue weighted by Gasteiger charge is 2.18. The molecule has 0 aliphatic carbocycles. The highest BCUT2D eigenvalue weighted by atomic mass is 79.9. The Kier molecular flexibility index (Phi) is 3.81. The first-order chi connectivity index (χ1) is 10.1. The quantitative estimate of drug-likeness (QED) is 0.791. The van der Waals surface area contributed by atoms with Crippen LogP contribution in [0.2, 0.25) is 0 Å². The van der Waals surface area contributed by atoms with Crippen LogP contribution in [0.1, 0.15) is 17.4 Å². The SMILES string of the molecule is OC(c1cn(-c2ccc(Br)cc2)nn1)c1ccccc1F. The van der Waals surface area contributed by atoms with Crippen molar-refractivity contribution in [1.29, 1.82) is 0 Å². The Balaban J connectivity index is 1.91. The number of rotatable bonds is 3. The summed E-state index contributed by atoms with van der Waals surface area (Å²) in [6, 6.07) is 13.5. The van der Waals surface area contributed by atoms with Crippen molar-refractivity contribution in [2.45, 2.75) is 6.10 Å². The van der Waals surface area contributed by atoms with Gasteiger partial charge in [-0.1, -0.05) is 39.3 Å². The van der Waals surface area contributed by atoms with Crippen molar-refractivity contribution in [3.8, 4) is 5.69 Å². The van der Waals surface area contributed by atoms with Gasteiger partial charge < -0.3 is 5.11 Å². The Hall–Kier alpha value is -2.05. The van der Waals surface area contributed by atoms with Gasteiger partial charge in [0.05, 0.1) is 11.9 Å². The number of hydrogen-bond donors (Lipinski definition) is 1. The molecule has 2 aromatic carbocycles. The average molecular weight is 348 g/mol. The monoisotopic (exact) mass is 347 g/mol. The molecule has 6 heteroatoms. The van der Waals surface area contributed by atoms with E-state index in [4.69, 9.17) is 0 Å². The third kappa shape index (κ3) is 2.86. The van der Waals surface area contributed by atoms with Crippen molar-refractivity contribution in [2.24, 2.45) is 0 Å². The van der Waals surface area contributed by atoms with Gasteiger partial charge in [-0.3, -0.25) is 0 Å². The third-order valence-corrected chi connectivity index (χ3v) is 3.61. The molecular weight excluding hydrogens is 337 g/mol. The van der Waals surface area contributed by atoms with E-state index in [1.807, 2.05) is 24.3 Å². The van der Waals surface area contributed by atoms with Crippen LogP contribution in [0.25, 0.3) is 5.69 Å². The molecule has 21 heavy (non-hydrogen) atoms. The Morgan fingerprint density at radius 2 is 1.81 bits per heavy atom. The minimum atomic E-state index is -1.14. The Bertz CT molecular complexity index is 758. The molecule has 106 valence electrons. The van der Waals surface area contributed by atoms with Gasteiger partial charge >= 0.3 is 0 Å². The smallest absolute Gasteiger partial charge is 0.129 e. The maximum Gasteiger partial charge on any atom is 0.129 e. The molecule has 0 aliphatic rings. The molecule has 0 bridgehead atoms.